The van der Waals surface area contributed by atoms with Gasteiger partial charge < -0.3 is 14.5 Å². The first-order valence-electron chi connectivity index (χ1n) is 7.69. The van der Waals surface area contributed by atoms with Crippen molar-refractivity contribution >= 4 is 23.1 Å². The van der Waals surface area contributed by atoms with Crippen molar-refractivity contribution < 1.29 is 13.9 Å². The first kappa shape index (κ1) is 15.8. The molecule has 1 amide bonds. The van der Waals surface area contributed by atoms with Gasteiger partial charge in [-0.2, -0.15) is 0 Å². The smallest absolute Gasteiger partial charge is 0.244 e. The quantitative estimate of drug-likeness (QED) is 0.708. The molecule has 5 nitrogen and oxygen atoms in total. The molecular weight excluding hydrogens is 304 g/mol. The van der Waals surface area contributed by atoms with Crippen molar-refractivity contribution in [2.75, 3.05) is 13.7 Å². The fourth-order valence-electron chi connectivity index (χ4n) is 2.29. The van der Waals surface area contributed by atoms with Crippen LogP contribution in [0.1, 0.15) is 11.5 Å². The van der Waals surface area contributed by atoms with E-state index in [4.69, 9.17) is 9.15 Å². The summed E-state index contributed by atoms with van der Waals surface area (Å²) in [5, 5.41) is 2.84. The Morgan fingerprint density at radius 1 is 1.21 bits per heavy atom. The number of carbonyl (C=O) groups excluding carboxylic acids is 1. The van der Waals surface area contributed by atoms with Crippen molar-refractivity contribution in [3.05, 3.63) is 66.1 Å². The van der Waals surface area contributed by atoms with Gasteiger partial charge in [0.1, 0.15) is 11.3 Å². The Labute approximate surface area is 140 Å². The predicted molar refractivity (Wildman–Crippen MR) is 92.8 cm³/mol. The van der Waals surface area contributed by atoms with Crippen LogP contribution in [0.5, 0.6) is 5.75 Å². The zero-order valence-electron chi connectivity index (χ0n) is 13.4. The van der Waals surface area contributed by atoms with Crippen LogP contribution in [0.25, 0.3) is 17.2 Å². The molecule has 1 heterocycles. The third-order valence-electron chi connectivity index (χ3n) is 3.56. The predicted octanol–water partition coefficient (Wildman–Crippen LogP) is 3.21. The first-order chi connectivity index (χ1) is 11.7. The summed E-state index contributed by atoms with van der Waals surface area (Å²) in [6, 6.07) is 15.3. The van der Waals surface area contributed by atoms with Crippen LogP contribution in [0.2, 0.25) is 0 Å². The van der Waals surface area contributed by atoms with Crippen molar-refractivity contribution in [3.63, 3.8) is 0 Å². The minimum absolute atomic E-state index is 0.175. The average Bonchev–Trinajstić information content (AvgIpc) is 3.03. The number of hydrogen-bond donors (Lipinski definition) is 1. The maximum absolute atomic E-state index is 11.8. The molecule has 0 spiro atoms. The molecule has 0 aliphatic rings. The molecule has 24 heavy (non-hydrogen) atoms. The molecule has 0 atom stereocenters. The normalized spacial score (nSPS) is 11.0. The number of aromatic nitrogens is 1. The monoisotopic (exact) mass is 322 g/mol. The van der Waals surface area contributed by atoms with Gasteiger partial charge in [0.05, 0.1) is 7.11 Å². The van der Waals surface area contributed by atoms with Crippen molar-refractivity contribution in [2.45, 2.75) is 6.42 Å². The Morgan fingerprint density at radius 3 is 2.75 bits per heavy atom. The summed E-state index contributed by atoms with van der Waals surface area (Å²) in [7, 11) is 1.64. The standard InChI is InChI=1S/C19H18N2O3/c1-23-15-8-6-14(7-9-15)12-13-20-18(22)10-11-19-21-16-4-2-3-5-17(16)24-19/h2-11H,12-13H2,1H3,(H,20,22)/b11-10+. The zero-order chi connectivity index (χ0) is 16.8. The van der Waals surface area contributed by atoms with Crippen LogP contribution >= 0.6 is 0 Å². The maximum Gasteiger partial charge on any atom is 0.244 e. The minimum Gasteiger partial charge on any atom is -0.497 e. The second kappa shape index (κ2) is 7.46. The molecular formula is C19H18N2O3. The molecule has 0 saturated heterocycles. The lowest BCUT2D eigenvalue weighted by atomic mass is 10.1. The number of benzene rings is 2. The highest BCUT2D eigenvalue weighted by Gasteiger charge is 2.02. The second-order valence-electron chi connectivity index (χ2n) is 5.24. The van der Waals surface area contributed by atoms with Crippen molar-refractivity contribution in [3.8, 4) is 5.75 Å². The SMILES string of the molecule is COc1ccc(CCNC(=O)/C=C/c2nc3ccccc3o2)cc1. The lowest BCUT2D eigenvalue weighted by molar-refractivity contribution is -0.116. The van der Waals surface area contributed by atoms with Gasteiger partial charge >= 0.3 is 0 Å². The van der Waals surface area contributed by atoms with Crippen LogP contribution in [-0.2, 0) is 11.2 Å². The molecule has 1 N–H and O–H groups in total. The molecule has 0 bridgehead atoms. The minimum atomic E-state index is -0.175. The van der Waals surface area contributed by atoms with Crippen LogP contribution in [-0.4, -0.2) is 24.5 Å². The molecule has 0 saturated carbocycles. The highest BCUT2D eigenvalue weighted by Crippen LogP contribution is 2.15. The van der Waals surface area contributed by atoms with Crippen molar-refractivity contribution in [1.29, 1.82) is 0 Å². The second-order valence-corrected chi connectivity index (χ2v) is 5.24. The average molecular weight is 322 g/mol. The van der Waals surface area contributed by atoms with Gasteiger partial charge in [0, 0.05) is 18.7 Å². The summed E-state index contributed by atoms with van der Waals surface area (Å²) in [6.45, 7) is 0.559. The summed E-state index contributed by atoms with van der Waals surface area (Å²) in [4.78, 5) is 16.1. The molecule has 1 aromatic heterocycles. The van der Waals surface area contributed by atoms with Crippen LogP contribution in [0.15, 0.2) is 59.0 Å². The van der Waals surface area contributed by atoms with Crippen LogP contribution in [0.3, 0.4) is 0 Å². The van der Waals surface area contributed by atoms with Gasteiger partial charge in [-0.3, -0.25) is 4.79 Å². The van der Waals surface area contributed by atoms with Crippen LogP contribution in [0, 0.1) is 0 Å². The van der Waals surface area contributed by atoms with E-state index in [0.29, 0.717) is 18.0 Å². The Kier molecular flexibility index (Phi) is 4.91. The third kappa shape index (κ3) is 4.01. The molecule has 3 aromatic rings. The number of nitrogens with one attached hydrogen (secondary N) is 1. The van der Waals surface area contributed by atoms with Gasteiger partial charge in [0.2, 0.25) is 11.8 Å². The van der Waals surface area contributed by atoms with Crippen molar-refractivity contribution in [1.82, 2.24) is 10.3 Å². The van der Waals surface area contributed by atoms with Gasteiger partial charge in [0.25, 0.3) is 0 Å². The highest BCUT2D eigenvalue weighted by atomic mass is 16.5. The van der Waals surface area contributed by atoms with Crippen LogP contribution in [0.4, 0.5) is 0 Å². The Hall–Kier alpha value is -3.08. The van der Waals surface area contributed by atoms with Crippen LogP contribution < -0.4 is 10.1 Å². The number of fused-ring (bicyclic) bond motifs is 1. The number of rotatable bonds is 6. The summed E-state index contributed by atoms with van der Waals surface area (Å²) in [5.41, 5.74) is 2.62. The largest absolute Gasteiger partial charge is 0.497 e. The van der Waals surface area contributed by atoms with Crippen molar-refractivity contribution in [2.24, 2.45) is 0 Å². The molecule has 0 aliphatic carbocycles. The number of oxazole rings is 1. The number of amides is 1. The van der Waals surface area contributed by atoms with E-state index < -0.39 is 0 Å². The topological polar surface area (TPSA) is 64.4 Å². The number of para-hydroxylation sites is 2. The van der Waals surface area contributed by atoms with Gasteiger partial charge in [0.15, 0.2) is 5.58 Å². The third-order valence-corrected chi connectivity index (χ3v) is 3.56. The fraction of sp³-hybridized carbons (Fsp3) is 0.158. The Bertz CT molecular complexity index is 817. The van der Waals surface area contributed by atoms with E-state index >= 15 is 0 Å². The lowest BCUT2D eigenvalue weighted by Crippen LogP contribution is -2.23. The Morgan fingerprint density at radius 2 is 2.00 bits per heavy atom. The van der Waals surface area contributed by atoms with Gasteiger partial charge in [-0.25, -0.2) is 4.98 Å². The Balaban J connectivity index is 1.49. The number of carbonyl (C=O) groups is 1. The lowest BCUT2D eigenvalue weighted by Gasteiger charge is -2.04. The molecule has 0 unspecified atom stereocenters. The summed E-state index contributed by atoms with van der Waals surface area (Å²) < 4.78 is 10.6. The summed E-state index contributed by atoms with van der Waals surface area (Å²) in [5.74, 6) is 1.07. The molecule has 3 rings (SSSR count). The van der Waals surface area contributed by atoms with Gasteiger partial charge in [-0.05, 0) is 36.2 Å². The number of ether oxygens (including phenoxy) is 1. The molecule has 2 aromatic carbocycles. The van der Waals surface area contributed by atoms with E-state index in [1.807, 2.05) is 48.5 Å². The molecule has 0 aliphatic heterocycles. The van der Waals surface area contributed by atoms with E-state index in [9.17, 15) is 4.79 Å². The zero-order valence-corrected chi connectivity index (χ0v) is 13.4. The maximum atomic E-state index is 11.8. The highest BCUT2D eigenvalue weighted by molar-refractivity contribution is 5.91. The van der Waals surface area contributed by atoms with E-state index in [-0.39, 0.29) is 5.91 Å². The molecule has 0 radical (unpaired) electrons. The molecule has 122 valence electrons. The fourth-order valence-corrected chi connectivity index (χ4v) is 2.29. The number of methoxy groups -OCH3 is 1. The van der Waals surface area contributed by atoms with Gasteiger partial charge in [-0.1, -0.05) is 24.3 Å². The van der Waals surface area contributed by atoms with E-state index in [2.05, 4.69) is 10.3 Å². The molecule has 0 fully saturated rings. The summed E-state index contributed by atoms with van der Waals surface area (Å²) in [6.07, 6.45) is 3.76. The van der Waals surface area contributed by atoms with E-state index in [1.165, 1.54) is 6.08 Å². The van der Waals surface area contributed by atoms with E-state index in [0.717, 1.165) is 23.3 Å². The molecule has 5 heteroatoms. The first-order valence-corrected chi connectivity index (χ1v) is 7.69. The number of nitrogens with zero attached hydrogens (tertiary/aromatic N) is 1. The number of hydrogen-bond acceptors (Lipinski definition) is 4. The summed E-state index contributed by atoms with van der Waals surface area (Å²) >= 11 is 0. The van der Waals surface area contributed by atoms with Gasteiger partial charge in [-0.15, -0.1) is 0 Å². The van der Waals surface area contributed by atoms with E-state index in [1.54, 1.807) is 13.2 Å².